The molecule has 1 aliphatic carbocycles. The standard InChI is InChI=1S/C19H20N2O3/c1-13-16(8-5-9-17(13)21-19(23)14-10-11-14)20-18(22)12-24-15-6-3-2-4-7-15/h2-9,14H,10-12H2,1H3,(H,20,22)(H,21,23). The number of hydrogen-bond acceptors (Lipinski definition) is 3. The Morgan fingerprint density at radius 3 is 2.33 bits per heavy atom. The summed E-state index contributed by atoms with van der Waals surface area (Å²) in [5.41, 5.74) is 2.23. The van der Waals surface area contributed by atoms with E-state index in [0.717, 1.165) is 24.1 Å². The van der Waals surface area contributed by atoms with Gasteiger partial charge in [0.15, 0.2) is 6.61 Å². The van der Waals surface area contributed by atoms with Crippen molar-refractivity contribution in [3.63, 3.8) is 0 Å². The third-order valence-corrected chi connectivity index (χ3v) is 3.93. The molecular weight excluding hydrogens is 304 g/mol. The van der Waals surface area contributed by atoms with Gasteiger partial charge in [-0.1, -0.05) is 24.3 Å². The fourth-order valence-electron chi connectivity index (χ4n) is 2.34. The summed E-state index contributed by atoms with van der Waals surface area (Å²) in [7, 11) is 0. The first-order valence-electron chi connectivity index (χ1n) is 8.01. The molecule has 3 rings (SSSR count). The van der Waals surface area contributed by atoms with E-state index in [4.69, 9.17) is 4.74 Å². The highest BCUT2D eigenvalue weighted by atomic mass is 16.5. The number of hydrogen-bond donors (Lipinski definition) is 2. The summed E-state index contributed by atoms with van der Waals surface area (Å²) in [5, 5.41) is 5.75. The predicted molar refractivity (Wildman–Crippen MR) is 93.1 cm³/mol. The zero-order valence-electron chi connectivity index (χ0n) is 13.5. The molecule has 0 spiro atoms. The van der Waals surface area contributed by atoms with Crippen LogP contribution in [0.2, 0.25) is 0 Å². The predicted octanol–water partition coefficient (Wildman–Crippen LogP) is 3.36. The zero-order valence-corrected chi connectivity index (χ0v) is 13.5. The molecule has 0 atom stereocenters. The molecule has 2 aromatic carbocycles. The van der Waals surface area contributed by atoms with Crippen LogP contribution in [0.4, 0.5) is 11.4 Å². The molecule has 0 saturated heterocycles. The van der Waals surface area contributed by atoms with Gasteiger partial charge >= 0.3 is 0 Å². The lowest BCUT2D eigenvalue weighted by Crippen LogP contribution is -2.21. The van der Waals surface area contributed by atoms with Crippen molar-refractivity contribution in [1.29, 1.82) is 0 Å². The highest BCUT2D eigenvalue weighted by molar-refractivity contribution is 5.97. The number of nitrogens with one attached hydrogen (secondary N) is 2. The smallest absolute Gasteiger partial charge is 0.262 e. The molecule has 0 aliphatic heterocycles. The average Bonchev–Trinajstić information content (AvgIpc) is 3.43. The van der Waals surface area contributed by atoms with E-state index in [1.807, 2.05) is 43.3 Å². The minimum atomic E-state index is -0.243. The topological polar surface area (TPSA) is 67.4 Å². The van der Waals surface area contributed by atoms with Gasteiger partial charge in [-0.2, -0.15) is 0 Å². The average molecular weight is 324 g/mol. The molecular formula is C19H20N2O3. The summed E-state index contributed by atoms with van der Waals surface area (Å²) in [4.78, 5) is 24.0. The summed E-state index contributed by atoms with van der Waals surface area (Å²) in [6.45, 7) is 1.80. The Morgan fingerprint density at radius 2 is 1.67 bits per heavy atom. The number of benzene rings is 2. The van der Waals surface area contributed by atoms with Gasteiger partial charge in [0.2, 0.25) is 5.91 Å². The maximum atomic E-state index is 12.1. The molecule has 0 unspecified atom stereocenters. The molecule has 2 amide bonds. The monoisotopic (exact) mass is 324 g/mol. The van der Waals surface area contributed by atoms with Crippen molar-refractivity contribution in [1.82, 2.24) is 0 Å². The van der Waals surface area contributed by atoms with Gasteiger partial charge < -0.3 is 15.4 Å². The van der Waals surface area contributed by atoms with Crippen LogP contribution >= 0.6 is 0 Å². The second kappa shape index (κ2) is 7.17. The first-order chi connectivity index (χ1) is 11.6. The van der Waals surface area contributed by atoms with Gasteiger partial charge in [0, 0.05) is 17.3 Å². The molecule has 1 saturated carbocycles. The van der Waals surface area contributed by atoms with Crippen molar-refractivity contribution in [3.05, 3.63) is 54.1 Å². The largest absolute Gasteiger partial charge is 0.484 e. The first kappa shape index (κ1) is 16.1. The molecule has 1 aliphatic rings. The number of rotatable bonds is 6. The molecule has 124 valence electrons. The van der Waals surface area contributed by atoms with Crippen LogP contribution in [-0.4, -0.2) is 18.4 Å². The summed E-state index contributed by atoms with van der Waals surface area (Å²) >= 11 is 0. The maximum Gasteiger partial charge on any atom is 0.262 e. The Kier molecular flexibility index (Phi) is 4.79. The van der Waals surface area contributed by atoms with E-state index < -0.39 is 0 Å². The van der Waals surface area contributed by atoms with Gasteiger partial charge in [-0.15, -0.1) is 0 Å². The van der Waals surface area contributed by atoms with E-state index in [0.29, 0.717) is 11.4 Å². The number of carbonyl (C=O) groups is 2. The third kappa shape index (κ3) is 4.13. The summed E-state index contributed by atoms with van der Waals surface area (Å²) < 4.78 is 5.43. The first-order valence-corrected chi connectivity index (χ1v) is 8.01. The number of amides is 2. The summed E-state index contributed by atoms with van der Waals surface area (Å²) in [6, 6.07) is 14.6. The molecule has 2 aromatic rings. The van der Waals surface area contributed by atoms with Crippen LogP contribution in [0.3, 0.4) is 0 Å². The Morgan fingerprint density at radius 1 is 1.00 bits per heavy atom. The third-order valence-electron chi connectivity index (χ3n) is 3.93. The highest BCUT2D eigenvalue weighted by Crippen LogP contribution is 2.31. The second-order valence-electron chi connectivity index (χ2n) is 5.89. The lowest BCUT2D eigenvalue weighted by molar-refractivity contribution is -0.118. The molecule has 1 fully saturated rings. The molecule has 24 heavy (non-hydrogen) atoms. The second-order valence-corrected chi connectivity index (χ2v) is 5.89. The maximum absolute atomic E-state index is 12.1. The number of ether oxygens (including phenoxy) is 1. The number of anilines is 2. The van der Waals surface area contributed by atoms with E-state index >= 15 is 0 Å². The molecule has 0 aromatic heterocycles. The molecule has 2 N–H and O–H groups in total. The van der Waals surface area contributed by atoms with Crippen LogP contribution in [0.5, 0.6) is 5.75 Å². The van der Waals surface area contributed by atoms with E-state index in [1.165, 1.54) is 0 Å². The lowest BCUT2D eigenvalue weighted by Gasteiger charge is -2.13. The van der Waals surface area contributed by atoms with Crippen LogP contribution in [0, 0.1) is 12.8 Å². The van der Waals surface area contributed by atoms with Crippen molar-refractivity contribution in [3.8, 4) is 5.75 Å². The van der Waals surface area contributed by atoms with Crippen molar-refractivity contribution < 1.29 is 14.3 Å². The van der Waals surface area contributed by atoms with Crippen LogP contribution in [0.1, 0.15) is 18.4 Å². The van der Waals surface area contributed by atoms with Gasteiger partial charge in [0.1, 0.15) is 5.75 Å². The van der Waals surface area contributed by atoms with Crippen LogP contribution in [0.25, 0.3) is 0 Å². The lowest BCUT2D eigenvalue weighted by atomic mass is 10.1. The van der Waals surface area contributed by atoms with Gasteiger partial charge in [-0.05, 0) is 49.6 Å². The normalized spacial score (nSPS) is 13.2. The fraction of sp³-hybridized carbons (Fsp3) is 0.263. The molecule has 0 bridgehead atoms. The van der Waals surface area contributed by atoms with Crippen molar-refractivity contribution >= 4 is 23.2 Å². The Balaban J connectivity index is 1.59. The van der Waals surface area contributed by atoms with E-state index in [9.17, 15) is 9.59 Å². The van der Waals surface area contributed by atoms with Gasteiger partial charge in [-0.25, -0.2) is 0 Å². The van der Waals surface area contributed by atoms with Crippen molar-refractivity contribution in [2.24, 2.45) is 5.92 Å². The van der Waals surface area contributed by atoms with E-state index in [2.05, 4.69) is 10.6 Å². The van der Waals surface area contributed by atoms with E-state index in [-0.39, 0.29) is 24.3 Å². The Bertz CT molecular complexity index is 740. The Labute approximate surface area is 141 Å². The molecule has 5 nitrogen and oxygen atoms in total. The van der Waals surface area contributed by atoms with Crippen LogP contribution < -0.4 is 15.4 Å². The van der Waals surface area contributed by atoms with Gasteiger partial charge in [0.05, 0.1) is 0 Å². The van der Waals surface area contributed by atoms with Crippen LogP contribution in [-0.2, 0) is 9.59 Å². The van der Waals surface area contributed by atoms with Gasteiger partial charge in [0.25, 0.3) is 5.91 Å². The quantitative estimate of drug-likeness (QED) is 0.856. The van der Waals surface area contributed by atoms with Crippen LogP contribution in [0.15, 0.2) is 48.5 Å². The number of para-hydroxylation sites is 1. The fourth-order valence-corrected chi connectivity index (χ4v) is 2.34. The SMILES string of the molecule is Cc1c(NC(=O)COc2ccccc2)cccc1NC(=O)C1CC1. The zero-order chi connectivity index (χ0) is 16.9. The molecule has 0 heterocycles. The molecule has 0 radical (unpaired) electrons. The highest BCUT2D eigenvalue weighted by Gasteiger charge is 2.29. The Hall–Kier alpha value is -2.82. The minimum Gasteiger partial charge on any atom is -0.484 e. The molecule has 5 heteroatoms. The summed E-state index contributed by atoms with van der Waals surface area (Å²) in [5.74, 6) is 0.596. The number of carbonyl (C=O) groups excluding carboxylic acids is 2. The minimum absolute atomic E-state index is 0.0500. The van der Waals surface area contributed by atoms with Crippen molar-refractivity contribution in [2.45, 2.75) is 19.8 Å². The van der Waals surface area contributed by atoms with E-state index in [1.54, 1.807) is 12.1 Å². The van der Waals surface area contributed by atoms with Gasteiger partial charge in [-0.3, -0.25) is 9.59 Å². The summed E-state index contributed by atoms with van der Waals surface area (Å²) in [6.07, 6.45) is 1.91. The van der Waals surface area contributed by atoms with Crippen molar-refractivity contribution in [2.75, 3.05) is 17.2 Å².